The summed E-state index contributed by atoms with van der Waals surface area (Å²) in [5.74, 6) is 0.940. The Bertz CT molecular complexity index is 1120. The number of rotatable bonds is 7. The number of azo groups is 1. The molecule has 0 amide bonds. The Hall–Kier alpha value is -3.31. The molecule has 0 atom stereocenters. The number of ether oxygens (including phenoxy) is 1. The van der Waals surface area contributed by atoms with Crippen LogP contribution in [0.3, 0.4) is 0 Å². The summed E-state index contributed by atoms with van der Waals surface area (Å²) in [6, 6.07) is 24.5. The summed E-state index contributed by atoms with van der Waals surface area (Å²) in [4.78, 5) is 0. The molecule has 1 heterocycles. The highest BCUT2D eigenvalue weighted by Crippen LogP contribution is 2.39. The molecule has 0 saturated heterocycles. The number of halogens is 1. The van der Waals surface area contributed by atoms with Crippen molar-refractivity contribution in [3.05, 3.63) is 83.9 Å². The van der Waals surface area contributed by atoms with Gasteiger partial charge < -0.3 is 14.4 Å². The van der Waals surface area contributed by atoms with Crippen molar-refractivity contribution in [1.82, 2.24) is 4.57 Å². The number of aromatic hydroxyl groups is 1. The van der Waals surface area contributed by atoms with Crippen LogP contribution in [-0.2, 0) is 6.54 Å². The normalized spacial score (nSPS) is 11.3. The molecule has 29 heavy (non-hydrogen) atoms. The number of aryl methyl sites for hydroxylation is 1. The van der Waals surface area contributed by atoms with Crippen LogP contribution in [0.2, 0.25) is 5.02 Å². The van der Waals surface area contributed by atoms with Crippen LogP contribution in [0.25, 0.3) is 10.9 Å². The van der Waals surface area contributed by atoms with Crippen LogP contribution < -0.4 is 4.74 Å². The van der Waals surface area contributed by atoms with Crippen LogP contribution in [0.4, 0.5) is 11.4 Å². The van der Waals surface area contributed by atoms with Gasteiger partial charge in [0.25, 0.3) is 0 Å². The third-order valence-corrected chi connectivity index (χ3v) is 4.80. The summed E-state index contributed by atoms with van der Waals surface area (Å²) < 4.78 is 7.60. The summed E-state index contributed by atoms with van der Waals surface area (Å²) >= 11 is 5.91. The minimum absolute atomic E-state index is 0.101. The molecule has 0 unspecified atom stereocenters. The Balaban J connectivity index is 1.53. The fourth-order valence-electron chi connectivity index (χ4n) is 3.14. The molecule has 6 heteroatoms. The second kappa shape index (κ2) is 8.80. The number of hydrogen-bond donors (Lipinski definition) is 1. The van der Waals surface area contributed by atoms with E-state index >= 15 is 0 Å². The van der Waals surface area contributed by atoms with Crippen molar-refractivity contribution in [3.63, 3.8) is 0 Å². The summed E-state index contributed by atoms with van der Waals surface area (Å²) in [7, 11) is 0. The van der Waals surface area contributed by atoms with E-state index < -0.39 is 0 Å². The van der Waals surface area contributed by atoms with Crippen LogP contribution in [0.15, 0.2) is 89.1 Å². The van der Waals surface area contributed by atoms with Gasteiger partial charge in [0.05, 0.1) is 17.8 Å². The van der Waals surface area contributed by atoms with Crippen LogP contribution in [0.5, 0.6) is 11.6 Å². The van der Waals surface area contributed by atoms with Crippen LogP contribution in [-0.4, -0.2) is 16.3 Å². The van der Waals surface area contributed by atoms with Crippen molar-refractivity contribution >= 4 is 33.9 Å². The standard InChI is InChI=1S/C23H20ClN3O2/c24-17-11-13-18(14-12-17)25-26-22-20-9-4-5-10-21(20)27(23(22)28)15-6-16-29-19-7-2-1-3-8-19/h1-5,7-14,28H,6,15-16H2. The summed E-state index contributed by atoms with van der Waals surface area (Å²) in [6.45, 7) is 1.16. The number of fused-ring (bicyclic) bond motifs is 1. The SMILES string of the molecule is Oc1c(N=Nc2ccc(Cl)cc2)c2ccccc2n1CCCOc1ccccc1. The van der Waals surface area contributed by atoms with E-state index in [0.717, 1.165) is 23.1 Å². The van der Waals surface area contributed by atoms with Crippen molar-refractivity contribution in [2.24, 2.45) is 10.2 Å². The molecule has 4 rings (SSSR count). The van der Waals surface area contributed by atoms with Gasteiger partial charge >= 0.3 is 0 Å². The summed E-state index contributed by atoms with van der Waals surface area (Å²) in [6.07, 6.45) is 0.745. The molecular formula is C23H20ClN3O2. The van der Waals surface area contributed by atoms with Gasteiger partial charge in [-0.15, -0.1) is 5.11 Å². The van der Waals surface area contributed by atoms with Crippen molar-refractivity contribution in [3.8, 4) is 11.6 Å². The van der Waals surface area contributed by atoms with Gasteiger partial charge in [-0.25, -0.2) is 0 Å². The quantitative estimate of drug-likeness (QED) is 0.269. The van der Waals surface area contributed by atoms with E-state index in [1.807, 2.05) is 59.2 Å². The zero-order valence-electron chi connectivity index (χ0n) is 15.7. The molecule has 4 aromatic rings. The predicted molar refractivity (Wildman–Crippen MR) is 116 cm³/mol. The molecule has 0 radical (unpaired) electrons. The molecule has 0 aliphatic carbocycles. The maximum absolute atomic E-state index is 10.8. The van der Waals surface area contributed by atoms with Gasteiger partial charge in [0.15, 0.2) is 5.69 Å². The fourth-order valence-corrected chi connectivity index (χ4v) is 3.27. The van der Waals surface area contributed by atoms with Gasteiger partial charge in [-0.2, -0.15) is 5.11 Å². The lowest BCUT2D eigenvalue weighted by Gasteiger charge is -2.08. The summed E-state index contributed by atoms with van der Waals surface area (Å²) in [5.41, 5.74) is 2.04. The number of para-hydroxylation sites is 2. The van der Waals surface area contributed by atoms with Gasteiger partial charge in [0, 0.05) is 17.0 Å². The average Bonchev–Trinajstić information content (AvgIpc) is 3.02. The number of benzene rings is 3. The highest BCUT2D eigenvalue weighted by molar-refractivity contribution is 6.30. The molecule has 1 N–H and O–H groups in total. The van der Waals surface area contributed by atoms with Crippen LogP contribution >= 0.6 is 11.6 Å². The monoisotopic (exact) mass is 405 g/mol. The zero-order valence-corrected chi connectivity index (χ0v) is 16.5. The zero-order chi connectivity index (χ0) is 20.1. The molecular weight excluding hydrogens is 386 g/mol. The highest BCUT2D eigenvalue weighted by atomic mass is 35.5. The van der Waals surface area contributed by atoms with Gasteiger partial charge in [-0.3, -0.25) is 0 Å². The first-order chi connectivity index (χ1) is 14.2. The predicted octanol–water partition coefficient (Wildman–Crippen LogP) is 6.88. The van der Waals surface area contributed by atoms with Crippen molar-refractivity contribution in [2.45, 2.75) is 13.0 Å². The van der Waals surface area contributed by atoms with E-state index in [1.165, 1.54) is 0 Å². The number of aromatic nitrogens is 1. The van der Waals surface area contributed by atoms with Crippen molar-refractivity contribution in [1.29, 1.82) is 0 Å². The Morgan fingerprint density at radius 1 is 0.862 bits per heavy atom. The molecule has 0 aliphatic heterocycles. The Morgan fingerprint density at radius 3 is 2.38 bits per heavy atom. The minimum atomic E-state index is 0.101. The molecule has 0 spiro atoms. The summed E-state index contributed by atoms with van der Waals surface area (Å²) in [5, 5.41) is 20.8. The molecule has 0 saturated carbocycles. The van der Waals surface area contributed by atoms with Gasteiger partial charge in [-0.1, -0.05) is 48.0 Å². The number of nitrogens with zero attached hydrogens (tertiary/aromatic N) is 3. The molecule has 0 aliphatic rings. The highest BCUT2D eigenvalue weighted by Gasteiger charge is 2.16. The Labute approximate surface area is 173 Å². The number of hydrogen-bond acceptors (Lipinski definition) is 4. The minimum Gasteiger partial charge on any atom is -0.494 e. The average molecular weight is 406 g/mol. The third-order valence-electron chi connectivity index (χ3n) is 4.55. The van der Waals surface area contributed by atoms with Gasteiger partial charge in [0.2, 0.25) is 5.88 Å². The smallest absolute Gasteiger partial charge is 0.220 e. The second-order valence-electron chi connectivity index (χ2n) is 6.53. The first-order valence-corrected chi connectivity index (χ1v) is 9.75. The van der Waals surface area contributed by atoms with Crippen molar-refractivity contribution < 1.29 is 9.84 Å². The third kappa shape index (κ3) is 4.41. The second-order valence-corrected chi connectivity index (χ2v) is 6.97. The molecule has 5 nitrogen and oxygen atoms in total. The van der Waals surface area contributed by atoms with Crippen LogP contribution in [0.1, 0.15) is 6.42 Å². The van der Waals surface area contributed by atoms with Crippen LogP contribution in [0, 0.1) is 0 Å². The fraction of sp³-hybridized carbons (Fsp3) is 0.130. The van der Waals surface area contributed by atoms with E-state index in [2.05, 4.69) is 10.2 Å². The largest absolute Gasteiger partial charge is 0.494 e. The maximum Gasteiger partial charge on any atom is 0.220 e. The Kier molecular flexibility index (Phi) is 5.77. The lowest BCUT2D eigenvalue weighted by atomic mass is 10.2. The van der Waals surface area contributed by atoms with E-state index in [1.54, 1.807) is 24.3 Å². The van der Waals surface area contributed by atoms with Gasteiger partial charge in [-0.05, 0) is 48.9 Å². The molecule has 1 aromatic heterocycles. The van der Waals surface area contributed by atoms with E-state index in [-0.39, 0.29) is 5.88 Å². The topological polar surface area (TPSA) is 59.1 Å². The molecule has 3 aromatic carbocycles. The molecule has 0 fully saturated rings. The lowest BCUT2D eigenvalue weighted by Crippen LogP contribution is -2.04. The van der Waals surface area contributed by atoms with Gasteiger partial charge in [0.1, 0.15) is 5.75 Å². The first kappa shape index (κ1) is 19.0. The van der Waals surface area contributed by atoms with E-state index in [0.29, 0.717) is 29.5 Å². The van der Waals surface area contributed by atoms with E-state index in [4.69, 9.17) is 16.3 Å². The Morgan fingerprint density at radius 2 is 1.59 bits per heavy atom. The molecule has 146 valence electrons. The lowest BCUT2D eigenvalue weighted by molar-refractivity contribution is 0.298. The van der Waals surface area contributed by atoms with E-state index in [9.17, 15) is 5.11 Å². The first-order valence-electron chi connectivity index (χ1n) is 9.38. The molecule has 0 bridgehead atoms. The van der Waals surface area contributed by atoms with Crippen molar-refractivity contribution in [2.75, 3.05) is 6.61 Å². The maximum atomic E-state index is 10.8.